The van der Waals surface area contributed by atoms with Crippen molar-refractivity contribution in [3.8, 4) is 0 Å². The van der Waals surface area contributed by atoms with Gasteiger partial charge in [-0.2, -0.15) is 0 Å². The highest BCUT2D eigenvalue weighted by atomic mass is 16.2. The van der Waals surface area contributed by atoms with Crippen LogP contribution < -0.4 is 5.32 Å². The Morgan fingerprint density at radius 2 is 1.65 bits per heavy atom. The highest BCUT2D eigenvalue weighted by Crippen LogP contribution is 2.14. The lowest BCUT2D eigenvalue weighted by Gasteiger charge is -2.26. The number of rotatable bonds is 4. The van der Waals surface area contributed by atoms with Crippen LogP contribution in [0.25, 0.3) is 0 Å². The fraction of sp³-hybridized carbons (Fsp3) is 0.364. The quantitative estimate of drug-likeness (QED) is 0.910. The molecule has 0 unspecified atom stereocenters. The minimum atomic E-state index is -0.0732. The van der Waals surface area contributed by atoms with Crippen molar-refractivity contribution in [3.63, 3.8) is 0 Å². The molecule has 4 nitrogen and oxygen atoms in total. The maximum Gasteiger partial charge on any atom is 0.253 e. The topological polar surface area (TPSA) is 49.4 Å². The van der Waals surface area contributed by atoms with E-state index in [0.717, 1.165) is 48.2 Å². The third-order valence-electron chi connectivity index (χ3n) is 4.92. The molecule has 1 fully saturated rings. The number of hydrogen-bond donors (Lipinski definition) is 1. The van der Waals surface area contributed by atoms with E-state index in [0.29, 0.717) is 12.1 Å². The standard InChI is InChI=1S/C22H26N2O2/c1-16-6-11-20(17(2)14-16)21(25)23-15-18-7-9-19(10-8-18)22(26)24-12-4-3-5-13-24/h6-11,14H,3-5,12-13,15H2,1-2H3,(H,23,25). The smallest absolute Gasteiger partial charge is 0.253 e. The lowest BCUT2D eigenvalue weighted by molar-refractivity contribution is 0.0724. The zero-order valence-electron chi connectivity index (χ0n) is 15.5. The molecule has 1 heterocycles. The second-order valence-corrected chi connectivity index (χ2v) is 7.05. The van der Waals surface area contributed by atoms with Crippen molar-refractivity contribution >= 4 is 11.8 Å². The van der Waals surface area contributed by atoms with Crippen LogP contribution in [0.2, 0.25) is 0 Å². The molecule has 3 rings (SSSR count). The third-order valence-corrected chi connectivity index (χ3v) is 4.92. The summed E-state index contributed by atoms with van der Waals surface area (Å²) < 4.78 is 0. The SMILES string of the molecule is Cc1ccc(C(=O)NCc2ccc(C(=O)N3CCCCC3)cc2)c(C)c1. The number of nitrogens with one attached hydrogen (secondary N) is 1. The third kappa shape index (κ3) is 4.31. The Kier molecular flexibility index (Phi) is 5.71. The predicted molar refractivity (Wildman–Crippen MR) is 103 cm³/mol. The molecular formula is C22H26N2O2. The second kappa shape index (κ2) is 8.17. The molecule has 0 atom stereocenters. The van der Waals surface area contributed by atoms with Crippen LogP contribution in [0.3, 0.4) is 0 Å². The van der Waals surface area contributed by atoms with Crippen LogP contribution in [0.15, 0.2) is 42.5 Å². The van der Waals surface area contributed by atoms with E-state index in [9.17, 15) is 9.59 Å². The van der Waals surface area contributed by atoms with Gasteiger partial charge in [0.05, 0.1) is 0 Å². The highest BCUT2D eigenvalue weighted by molar-refractivity contribution is 5.96. The summed E-state index contributed by atoms with van der Waals surface area (Å²) in [6, 6.07) is 13.4. The lowest BCUT2D eigenvalue weighted by atomic mass is 10.0. The first kappa shape index (κ1) is 18.2. The number of nitrogens with zero attached hydrogens (tertiary/aromatic N) is 1. The zero-order chi connectivity index (χ0) is 18.5. The fourth-order valence-corrected chi connectivity index (χ4v) is 3.39. The Bertz CT molecular complexity index is 790. The Balaban J connectivity index is 1.58. The van der Waals surface area contributed by atoms with Crippen LogP contribution in [0.4, 0.5) is 0 Å². The highest BCUT2D eigenvalue weighted by Gasteiger charge is 2.18. The molecule has 0 radical (unpaired) electrons. The first-order valence-electron chi connectivity index (χ1n) is 9.28. The van der Waals surface area contributed by atoms with Crippen LogP contribution in [-0.2, 0) is 6.54 Å². The van der Waals surface area contributed by atoms with Crippen molar-refractivity contribution in [2.24, 2.45) is 0 Å². The summed E-state index contributed by atoms with van der Waals surface area (Å²) >= 11 is 0. The average Bonchev–Trinajstić information content (AvgIpc) is 2.66. The molecule has 4 heteroatoms. The molecule has 2 aromatic carbocycles. The van der Waals surface area contributed by atoms with E-state index in [1.165, 1.54) is 6.42 Å². The Morgan fingerprint density at radius 1 is 0.962 bits per heavy atom. The van der Waals surface area contributed by atoms with Gasteiger partial charge in [-0.3, -0.25) is 9.59 Å². The Labute approximate surface area is 155 Å². The first-order valence-corrected chi connectivity index (χ1v) is 9.28. The molecule has 0 spiro atoms. The zero-order valence-corrected chi connectivity index (χ0v) is 15.5. The van der Waals surface area contributed by atoms with Crippen molar-refractivity contribution in [2.45, 2.75) is 39.7 Å². The number of carbonyl (C=O) groups is 2. The van der Waals surface area contributed by atoms with E-state index >= 15 is 0 Å². The van der Waals surface area contributed by atoms with Gasteiger partial charge in [-0.15, -0.1) is 0 Å². The van der Waals surface area contributed by atoms with Crippen molar-refractivity contribution < 1.29 is 9.59 Å². The molecule has 1 N–H and O–H groups in total. The van der Waals surface area contributed by atoms with Gasteiger partial charge in [0.25, 0.3) is 11.8 Å². The minimum absolute atomic E-state index is 0.0732. The van der Waals surface area contributed by atoms with Crippen LogP contribution >= 0.6 is 0 Å². The monoisotopic (exact) mass is 350 g/mol. The molecule has 0 saturated carbocycles. The molecule has 26 heavy (non-hydrogen) atoms. The van der Waals surface area contributed by atoms with Gasteiger partial charge in [-0.25, -0.2) is 0 Å². The maximum absolute atomic E-state index is 12.5. The Hall–Kier alpha value is -2.62. The average molecular weight is 350 g/mol. The van der Waals surface area contributed by atoms with Gasteiger partial charge in [0, 0.05) is 30.8 Å². The van der Waals surface area contributed by atoms with E-state index < -0.39 is 0 Å². The summed E-state index contributed by atoms with van der Waals surface area (Å²) in [5.74, 6) is 0.0338. The Morgan fingerprint density at radius 3 is 2.31 bits per heavy atom. The van der Waals surface area contributed by atoms with E-state index in [1.807, 2.05) is 61.2 Å². The fourth-order valence-electron chi connectivity index (χ4n) is 3.39. The number of piperidine rings is 1. The van der Waals surface area contributed by atoms with Gasteiger partial charge < -0.3 is 10.2 Å². The van der Waals surface area contributed by atoms with E-state index in [4.69, 9.17) is 0 Å². The van der Waals surface area contributed by atoms with E-state index in [2.05, 4.69) is 5.32 Å². The molecular weight excluding hydrogens is 324 g/mol. The summed E-state index contributed by atoms with van der Waals surface area (Å²) in [6.07, 6.45) is 3.39. The molecule has 2 amide bonds. The van der Waals surface area contributed by atoms with Crippen LogP contribution in [0, 0.1) is 13.8 Å². The van der Waals surface area contributed by atoms with Crippen molar-refractivity contribution in [1.29, 1.82) is 0 Å². The van der Waals surface area contributed by atoms with Crippen LogP contribution in [0.5, 0.6) is 0 Å². The molecule has 1 aliphatic heterocycles. The number of amides is 2. The molecule has 0 bridgehead atoms. The van der Waals surface area contributed by atoms with Gasteiger partial charge in [0.1, 0.15) is 0 Å². The molecule has 1 aliphatic rings. The number of benzene rings is 2. The lowest BCUT2D eigenvalue weighted by Crippen LogP contribution is -2.35. The summed E-state index contributed by atoms with van der Waals surface area (Å²) in [6.45, 7) is 6.12. The van der Waals surface area contributed by atoms with E-state index in [1.54, 1.807) is 0 Å². The molecule has 136 valence electrons. The molecule has 2 aromatic rings. The summed E-state index contributed by atoms with van der Waals surface area (Å²) in [7, 11) is 0. The number of likely N-dealkylation sites (tertiary alicyclic amines) is 1. The molecule has 1 saturated heterocycles. The largest absolute Gasteiger partial charge is 0.348 e. The minimum Gasteiger partial charge on any atom is -0.348 e. The van der Waals surface area contributed by atoms with Crippen LogP contribution in [-0.4, -0.2) is 29.8 Å². The van der Waals surface area contributed by atoms with Crippen molar-refractivity contribution in [1.82, 2.24) is 10.2 Å². The van der Waals surface area contributed by atoms with Gasteiger partial charge in [-0.05, 0) is 62.4 Å². The summed E-state index contributed by atoms with van der Waals surface area (Å²) in [4.78, 5) is 26.8. The van der Waals surface area contributed by atoms with Crippen molar-refractivity contribution in [2.75, 3.05) is 13.1 Å². The summed E-state index contributed by atoms with van der Waals surface area (Å²) in [5.41, 5.74) is 4.53. The van der Waals surface area contributed by atoms with Crippen LogP contribution in [0.1, 0.15) is 56.7 Å². The maximum atomic E-state index is 12.5. The second-order valence-electron chi connectivity index (χ2n) is 7.05. The van der Waals surface area contributed by atoms with Gasteiger partial charge in [-0.1, -0.05) is 29.8 Å². The first-order chi connectivity index (χ1) is 12.5. The van der Waals surface area contributed by atoms with Crippen molar-refractivity contribution in [3.05, 3.63) is 70.3 Å². The summed E-state index contributed by atoms with van der Waals surface area (Å²) in [5, 5.41) is 2.95. The van der Waals surface area contributed by atoms with Gasteiger partial charge in [0.15, 0.2) is 0 Å². The molecule has 0 aromatic heterocycles. The van der Waals surface area contributed by atoms with E-state index in [-0.39, 0.29) is 11.8 Å². The normalized spacial score (nSPS) is 14.2. The number of aryl methyl sites for hydroxylation is 2. The van der Waals surface area contributed by atoms with Gasteiger partial charge >= 0.3 is 0 Å². The predicted octanol–water partition coefficient (Wildman–Crippen LogP) is 3.86. The molecule has 0 aliphatic carbocycles. The van der Waals surface area contributed by atoms with Gasteiger partial charge in [0.2, 0.25) is 0 Å². The number of hydrogen-bond acceptors (Lipinski definition) is 2. The number of carbonyl (C=O) groups excluding carboxylic acids is 2.